The first-order chi connectivity index (χ1) is 13.7. The Morgan fingerprint density at radius 3 is 2.61 bits per heavy atom. The third kappa shape index (κ3) is 3.61. The van der Waals surface area contributed by atoms with E-state index in [0.29, 0.717) is 18.5 Å². The molecule has 5 heteroatoms. The molecule has 0 radical (unpaired) electrons. The van der Waals surface area contributed by atoms with Crippen LogP contribution in [0.15, 0.2) is 18.2 Å². The first kappa shape index (κ1) is 19.6. The Kier molecular flexibility index (Phi) is 5.81. The fourth-order valence-corrected chi connectivity index (χ4v) is 5.63. The van der Waals surface area contributed by atoms with Crippen LogP contribution in [-0.2, 0) is 11.3 Å². The summed E-state index contributed by atoms with van der Waals surface area (Å²) >= 11 is 0. The predicted molar refractivity (Wildman–Crippen MR) is 110 cm³/mol. The van der Waals surface area contributed by atoms with E-state index in [0.717, 1.165) is 56.0 Å². The molecular formula is C23H34N2O3. The average molecular weight is 387 g/mol. The van der Waals surface area contributed by atoms with Gasteiger partial charge in [-0.15, -0.1) is 0 Å². The van der Waals surface area contributed by atoms with Gasteiger partial charge in [0.2, 0.25) is 5.91 Å². The van der Waals surface area contributed by atoms with Gasteiger partial charge in [-0.1, -0.05) is 31.4 Å². The fourth-order valence-electron chi connectivity index (χ4n) is 5.63. The minimum atomic E-state index is -0.165. The number of ether oxygens (including phenoxy) is 2. The van der Waals surface area contributed by atoms with Gasteiger partial charge in [0.15, 0.2) is 11.5 Å². The standard InChI is InChI=1S/C23H34N2O3/c1-27-20-11-6-8-18(21(20)28-2)16-24-14-7-12-23(22(24)26)13-15-25(17-23)19-9-4-3-5-10-19/h6,8,11,19H,3-5,7,9-10,12-17H2,1-2H3. The molecule has 1 spiro atoms. The number of carbonyl (C=O) groups excluding carboxylic acids is 1. The lowest BCUT2D eigenvalue weighted by Gasteiger charge is -2.40. The van der Waals surface area contributed by atoms with E-state index in [9.17, 15) is 4.79 Å². The predicted octanol–water partition coefficient (Wildman–Crippen LogP) is 3.85. The van der Waals surface area contributed by atoms with Gasteiger partial charge in [-0.05, 0) is 44.7 Å². The number of para-hydroxylation sites is 1. The van der Waals surface area contributed by atoms with Crippen molar-refractivity contribution in [2.24, 2.45) is 5.41 Å². The zero-order chi connectivity index (χ0) is 19.6. The minimum Gasteiger partial charge on any atom is -0.493 e. The Labute approximate surface area is 169 Å². The van der Waals surface area contributed by atoms with Gasteiger partial charge in [0.1, 0.15) is 0 Å². The molecule has 2 saturated heterocycles. The largest absolute Gasteiger partial charge is 0.493 e. The molecule has 4 rings (SSSR count). The van der Waals surface area contributed by atoms with Crippen LogP contribution in [0.4, 0.5) is 0 Å². The van der Waals surface area contributed by atoms with E-state index in [1.807, 2.05) is 18.2 Å². The van der Waals surface area contributed by atoms with E-state index in [-0.39, 0.29) is 5.41 Å². The highest BCUT2D eigenvalue weighted by molar-refractivity contribution is 5.84. The molecule has 154 valence electrons. The second kappa shape index (κ2) is 8.32. The number of benzene rings is 1. The lowest BCUT2D eigenvalue weighted by Crippen LogP contribution is -2.50. The highest BCUT2D eigenvalue weighted by Crippen LogP contribution is 2.43. The van der Waals surface area contributed by atoms with Crippen molar-refractivity contribution in [3.8, 4) is 11.5 Å². The molecule has 1 saturated carbocycles. The van der Waals surface area contributed by atoms with Gasteiger partial charge in [0.25, 0.3) is 0 Å². The molecule has 1 aromatic carbocycles. The minimum absolute atomic E-state index is 0.165. The second-order valence-electron chi connectivity index (χ2n) is 8.78. The number of hydrogen-bond acceptors (Lipinski definition) is 4. The molecule has 3 aliphatic rings. The highest BCUT2D eigenvalue weighted by atomic mass is 16.5. The summed E-state index contributed by atoms with van der Waals surface area (Å²) in [6.45, 7) is 3.49. The topological polar surface area (TPSA) is 42.0 Å². The number of methoxy groups -OCH3 is 2. The molecule has 5 nitrogen and oxygen atoms in total. The second-order valence-corrected chi connectivity index (χ2v) is 8.78. The first-order valence-corrected chi connectivity index (χ1v) is 10.9. The van der Waals surface area contributed by atoms with Crippen molar-refractivity contribution in [1.29, 1.82) is 0 Å². The van der Waals surface area contributed by atoms with Gasteiger partial charge in [-0.2, -0.15) is 0 Å². The summed E-state index contributed by atoms with van der Waals surface area (Å²) in [6.07, 6.45) is 9.87. The van der Waals surface area contributed by atoms with E-state index < -0.39 is 0 Å². The van der Waals surface area contributed by atoms with Crippen molar-refractivity contribution < 1.29 is 14.3 Å². The summed E-state index contributed by atoms with van der Waals surface area (Å²) in [7, 11) is 3.32. The first-order valence-electron chi connectivity index (χ1n) is 10.9. The zero-order valence-corrected chi connectivity index (χ0v) is 17.4. The Morgan fingerprint density at radius 1 is 1.04 bits per heavy atom. The number of piperidine rings is 1. The monoisotopic (exact) mass is 386 g/mol. The maximum Gasteiger partial charge on any atom is 0.230 e. The number of carbonyl (C=O) groups is 1. The number of hydrogen-bond donors (Lipinski definition) is 0. The van der Waals surface area contributed by atoms with Crippen molar-refractivity contribution >= 4 is 5.91 Å². The molecule has 1 atom stereocenters. The van der Waals surface area contributed by atoms with Crippen LogP contribution in [-0.4, -0.2) is 55.6 Å². The summed E-state index contributed by atoms with van der Waals surface area (Å²) < 4.78 is 11.0. The van der Waals surface area contributed by atoms with E-state index in [1.54, 1.807) is 14.2 Å². The van der Waals surface area contributed by atoms with E-state index in [2.05, 4.69) is 9.80 Å². The molecule has 2 aliphatic heterocycles. The Hall–Kier alpha value is -1.75. The number of rotatable bonds is 5. The molecule has 1 amide bonds. The SMILES string of the molecule is COc1cccc(CN2CCCC3(CCN(C4CCCCC4)C3)C2=O)c1OC. The molecule has 2 heterocycles. The summed E-state index contributed by atoms with van der Waals surface area (Å²) in [4.78, 5) is 18.3. The molecule has 3 fully saturated rings. The van der Waals surface area contributed by atoms with Gasteiger partial charge >= 0.3 is 0 Å². The summed E-state index contributed by atoms with van der Waals surface area (Å²) in [5.41, 5.74) is 0.858. The molecule has 0 N–H and O–H groups in total. The van der Waals surface area contributed by atoms with Crippen molar-refractivity contribution in [1.82, 2.24) is 9.80 Å². The number of likely N-dealkylation sites (tertiary alicyclic amines) is 2. The van der Waals surface area contributed by atoms with E-state index >= 15 is 0 Å². The maximum absolute atomic E-state index is 13.6. The zero-order valence-electron chi connectivity index (χ0n) is 17.4. The summed E-state index contributed by atoms with van der Waals surface area (Å²) in [5.74, 6) is 1.82. The average Bonchev–Trinajstić information content (AvgIpc) is 3.17. The lowest BCUT2D eigenvalue weighted by atomic mass is 9.78. The van der Waals surface area contributed by atoms with Crippen molar-refractivity contribution in [3.05, 3.63) is 23.8 Å². The lowest BCUT2D eigenvalue weighted by molar-refractivity contribution is -0.146. The van der Waals surface area contributed by atoms with Gasteiger partial charge < -0.3 is 14.4 Å². The van der Waals surface area contributed by atoms with Crippen LogP contribution in [0.1, 0.15) is 56.9 Å². The van der Waals surface area contributed by atoms with Gasteiger partial charge in [-0.25, -0.2) is 0 Å². The molecular weight excluding hydrogens is 352 g/mol. The molecule has 1 unspecified atom stereocenters. The van der Waals surface area contributed by atoms with Crippen LogP contribution in [0.2, 0.25) is 0 Å². The van der Waals surface area contributed by atoms with Crippen LogP contribution in [0.3, 0.4) is 0 Å². The van der Waals surface area contributed by atoms with Crippen molar-refractivity contribution in [2.75, 3.05) is 33.9 Å². The third-order valence-electron chi connectivity index (χ3n) is 7.14. The Bertz CT molecular complexity index is 701. The van der Waals surface area contributed by atoms with E-state index in [1.165, 1.54) is 32.1 Å². The summed E-state index contributed by atoms with van der Waals surface area (Å²) in [5, 5.41) is 0. The molecule has 0 aromatic heterocycles. The van der Waals surface area contributed by atoms with Crippen LogP contribution < -0.4 is 9.47 Å². The van der Waals surface area contributed by atoms with Gasteiger partial charge in [-0.3, -0.25) is 9.69 Å². The molecule has 1 aromatic rings. The van der Waals surface area contributed by atoms with Crippen LogP contribution in [0.5, 0.6) is 11.5 Å². The number of amides is 1. The van der Waals surface area contributed by atoms with Crippen LogP contribution in [0, 0.1) is 5.41 Å². The number of nitrogens with zero attached hydrogens (tertiary/aromatic N) is 2. The maximum atomic E-state index is 13.6. The highest BCUT2D eigenvalue weighted by Gasteiger charge is 2.49. The Morgan fingerprint density at radius 2 is 1.86 bits per heavy atom. The Balaban J connectivity index is 1.48. The molecule has 1 aliphatic carbocycles. The third-order valence-corrected chi connectivity index (χ3v) is 7.14. The van der Waals surface area contributed by atoms with Crippen molar-refractivity contribution in [2.45, 2.75) is 64.0 Å². The van der Waals surface area contributed by atoms with Crippen LogP contribution >= 0.6 is 0 Å². The normalized spacial score (nSPS) is 26.8. The molecule has 28 heavy (non-hydrogen) atoms. The van der Waals surface area contributed by atoms with E-state index in [4.69, 9.17) is 9.47 Å². The van der Waals surface area contributed by atoms with Crippen molar-refractivity contribution in [3.63, 3.8) is 0 Å². The quantitative estimate of drug-likeness (QED) is 0.771. The summed E-state index contributed by atoms with van der Waals surface area (Å²) in [6, 6.07) is 6.62. The smallest absolute Gasteiger partial charge is 0.230 e. The van der Waals surface area contributed by atoms with Crippen LogP contribution in [0.25, 0.3) is 0 Å². The molecule has 0 bridgehead atoms. The van der Waals surface area contributed by atoms with Gasteiger partial charge in [0, 0.05) is 31.2 Å². The fraction of sp³-hybridized carbons (Fsp3) is 0.696. The van der Waals surface area contributed by atoms with Gasteiger partial charge in [0.05, 0.1) is 19.6 Å².